The van der Waals surface area contributed by atoms with Gasteiger partial charge in [0.25, 0.3) is 11.8 Å². The maximum Gasteiger partial charge on any atom is 0.260 e. The molecule has 4 rings (SSSR count). The molecule has 0 saturated heterocycles. The number of likely N-dealkylation sites (N-methyl/N-ethyl adjacent to an activating group) is 1. The fourth-order valence-electron chi connectivity index (χ4n) is 4.25. The van der Waals surface area contributed by atoms with Crippen LogP contribution in [0.1, 0.15) is 43.5 Å². The van der Waals surface area contributed by atoms with Gasteiger partial charge >= 0.3 is 0 Å². The highest BCUT2D eigenvalue weighted by Crippen LogP contribution is 2.35. The van der Waals surface area contributed by atoms with E-state index in [4.69, 9.17) is 4.74 Å². The molecule has 2 aromatic carbocycles. The number of rotatable bonds is 8. The molecule has 10 nitrogen and oxygen atoms in total. The number of benzene rings is 2. The molecule has 0 radical (unpaired) electrons. The predicted octanol–water partition coefficient (Wildman–Crippen LogP) is 3.46. The number of hydrogen-bond acceptors (Lipinski definition) is 7. The van der Waals surface area contributed by atoms with Gasteiger partial charge in [-0.3, -0.25) is 9.59 Å². The summed E-state index contributed by atoms with van der Waals surface area (Å²) in [4.78, 5) is 27.6. The molecule has 1 aliphatic rings. The number of anilines is 2. The van der Waals surface area contributed by atoms with Gasteiger partial charge in [-0.15, -0.1) is 0 Å². The first-order valence-corrected chi connectivity index (χ1v) is 12.0. The van der Waals surface area contributed by atoms with E-state index in [0.29, 0.717) is 36.1 Å². The lowest BCUT2D eigenvalue weighted by atomic mass is 9.94. The monoisotopic (exact) mass is 489 g/mol. The van der Waals surface area contributed by atoms with E-state index in [1.54, 1.807) is 21.7 Å². The van der Waals surface area contributed by atoms with Gasteiger partial charge in [-0.05, 0) is 79.9 Å². The lowest BCUT2D eigenvalue weighted by Gasteiger charge is -2.28. The van der Waals surface area contributed by atoms with Crippen molar-refractivity contribution in [2.45, 2.75) is 40.7 Å². The number of aromatic nitrogens is 4. The van der Waals surface area contributed by atoms with Gasteiger partial charge in [0.15, 0.2) is 6.61 Å². The minimum atomic E-state index is -0.548. The second kappa shape index (κ2) is 10.6. The smallest absolute Gasteiger partial charge is 0.260 e. The lowest BCUT2D eigenvalue weighted by Crippen LogP contribution is -2.34. The predicted molar refractivity (Wildman–Crippen MR) is 137 cm³/mol. The van der Waals surface area contributed by atoms with Crippen molar-refractivity contribution < 1.29 is 14.3 Å². The van der Waals surface area contributed by atoms with Gasteiger partial charge in [0, 0.05) is 24.5 Å². The molecular formula is C26H31N7O3. The third kappa shape index (κ3) is 4.93. The summed E-state index contributed by atoms with van der Waals surface area (Å²) in [6, 6.07) is 12.5. The molecule has 1 aliphatic heterocycles. The van der Waals surface area contributed by atoms with E-state index < -0.39 is 6.04 Å². The number of nitrogens with one attached hydrogen (secondary N) is 2. The maximum atomic E-state index is 13.6. The Bertz CT molecular complexity index is 1290. The highest BCUT2D eigenvalue weighted by atomic mass is 16.5. The summed E-state index contributed by atoms with van der Waals surface area (Å²) in [5.41, 5.74) is 4.82. The van der Waals surface area contributed by atoms with Gasteiger partial charge in [0.05, 0.1) is 5.57 Å². The summed E-state index contributed by atoms with van der Waals surface area (Å²) in [7, 11) is 0. The van der Waals surface area contributed by atoms with Crippen LogP contribution in [0.4, 0.5) is 11.6 Å². The van der Waals surface area contributed by atoms with Crippen LogP contribution in [0.2, 0.25) is 0 Å². The van der Waals surface area contributed by atoms with E-state index in [1.165, 1.54) is 0 Å². The second-order valence-electron chi connectivity index (χ2n) is 8.64. The van der Waals surface area contributed by atoms with Gasteiger partial charge in [-0.25, -0.2) is 0 Å². The summed E-state index contributed by atoms with van der Waals surface area (Å²) in [5, 5.41) is 18.2. The molecule has 0 bridgehead atoms. The minimum Gasteiger partial charge on any atom is -0.484 e. The molecule has 188 valence electrons. The quantitative estimate of drug-likeness (QED) is 0.498. The molecule has 0 saturated carbocycles. The molecule has 1 unspecified atom stereocenters. The largest absolute Gasteiger partial charge is 0.484 e. The van der Waals surface area contributed by atoms with Crippen molar-refractivity contribution in [2.75, 3.05) is 30.3 Å². The number of nitrogens with zero attached hydrogens (tertiary/aromatic N) is 5. The van der Waals surface area contributed by atoms with Crippen molar-refractivity contribution in [3.8, 4) is 5.75 Å². The maximum absolute atomic E-state index is 13.6. The van der Waals surface area contributed by atoms with Crippen molar-refractivity contribution in [2.24, 2.45) is 0 Å². The molecule has 36 heavy (non-hydrogen) atoms. The van der Waals surface area contributed by atoms with Crippen LogP contribution in [0, 0.1) is 13.8 Å². The third-order valence-corrected chi connectivity index (χ3v) is 6.49. The topological polar surface area (TPSA) is 114 Å². The summed E-state index contributed by atoms with van der Waals surface area (Å²) in [5.74, 6) is 0.702. The number of hydrogen-bond donors (Lipinski definition) is 2. The van der Waals surface area contributed by atoms with E-state index >= 15 is 0 Å². The Kier molecular flexibility index (Phi) is 7.33. The molecule has 2 N–H and O–H groups in total. The van der Waals surface area contributed by atoms with E-state index in [1.807, 2.05) is 65.0 Å². The Morgan fingerprint density at radius 2 is 1.81 bits per heavy atom. The minimum absolute atomic E-state index is 0.0337. The van der Waals surface area contributed by atoms with Gasteiger partial charge in [-0.1, -0.05) is 29.4 Å². The molecule has 1 atom stereocenters. The Balaban J connectivity index is 1.60. The molecule has 0 fully saturated rings. The Labute approximate surface area is 210 Å². The molecule has 2 heterocycles. The number of tetrazole rings is 1. The van der Waals surface area contributed by atoms with Crippen LogP contribution in [0.5, 0.6) is 5.75 Å². The number of amides is 2. The Morgan fingerprint density at radius 1 is 1.08 bits per heavy atom. The summed E-state index contributed by atoms with van der Waals surface area (Å²) in [6.45, 7) is 10.9. The van der Waals surface area contributed by atoms with Crippen molar-refractivity contribution in [3.63, 3.8) is 0 Å². The molecule has 0 spiro atoms. The zero-order chi connectivity index (χ0) is 25.8. The van der Waals surface area contributed by atoms with E-state index in [2.05, 4.69) is 26.2 Å². The molecule has 0 aliphatic carbocycles. The fraction of sp³-hybridized carbons (Fsp3) is 0.346. The first kappa shape index (κ1) is 24.9. The van der Waals surface area contributed by atoms with Crippen molar-refractivity contribution in [1.82, 2.24) is 25.1 Å². The second-order valence-corrected chi connectivity index (χ2v) is 8.64. The van der Waals surface area contributed by atoms with Gasteiger partial charge in [0.2, 0.25) is 5.95 Å². The van der Waals surface area contributed by atoms with Crippen LogP contribution < -0.4 is 15.4 Å². The zero-order valence-electron chi connectivity index (χ0n) is 21.2. The highest BCUT2D eigenvalue weighted by molar-refractivity contribution is 6.06. The molecule has 2 amide bonds. The van der Waals surface area contributed by atoms with Crippen molar-refractivity contribution >= 4 is 23.5 Å². The molecule has 3 aromatic rings. The van der Waals surface area contributed by atoms with Crippen LogP contribution in [0.3, 0.4) is 0 Å². The van der Waals surface area contributed by atoms with Crippen LogP contribution >= 0.6 is 0 Å². The van der Waals surface area contributed by atoms with Crippen LogP contribution in [0.15, 0.2) is 53.7 Å². The standard InChI is InChI=1S/C26H31N7O3/c1-6-32(7-2)22(34)15-36-20-13-11-19(12-14-20)24-23(18(5)27-26-29-30-31-33(24)26)25(35)28-21-10-8-9-16(3)17(21)4/h8-14,24H,6-7,15H2,1-5H3,(H,28,35)(H,27,29,31). The van der Waals surface area contributed by atoms with Crippen molar-refractivity contribution in [1.29, 1.82) is 0 Å². The van der Waals surface area contributed by atoms with Crippen LogP contribution in [0.25, 0.3) is 0 Å². The van der Waals surface area contributed by atoms with Crippen molar-refractivity contribution in [3.05, 3.63) is 70.4 Å². The Morgan fingerprint density at radius 3 is 2.50 bits per heavy atom. The van der Waals surface area contributed by atoms with Gasteiger partial charge < -0.3 is 20.3 Å². The zero-order valence-corrected chi connectivity index (χ0v) is 21.2. The number of carbonyl (C=O) groups is 2. The average molecular weight is 490 g/mol. The summed E-state index contributed by atoms with van der Waals surface area (Å²) >= 11 is 0. The Hall–Kier alpha value is -4.21. The van der Waals surface area contributed by atoms with Crippen LogP contribution in [-0.4, -0.2) is 56.6 Å². The van der Waals surface area contributed by atoms with Crippen LogP contribution in [-0.2, 0) is 9.59 Å². The highest BCUT2D eigenvalue weighted by Gasteiger charge is 2.34. The number of allylic oxidation sites excluding steroid dienone is 1. The average Bonchev–Trinajstić information content (AvgIpc) is 3.34. The SMILES string of the molecule is CCN(CC)C(=O)COc1ccc(C2C(C(=O)Nc3cccc(C)c3C)=C(C)Nc3nnnn32)cc1. The molecule has 1 aromatic heterocycles. The third-order valence-electron chi connectivity index (χ3n) is 6.49. The van der Waals surface area contributed by atoms with E-state index in [-0.39, 0.29) is 18.4 Å². The van der Waals surface area contributed by atoms with E-state index in [9.17, 15) is 9.59 Å². The normalized spacial score (nSPS) is 14.6. The fourth-order valence-corrected chi connectivity index (χ4v) is 4.25. The molecular weight excluding hydrogens is 458 g/mol. The number of fused-ring (bicyclic) bond motifs is 1. The summed E-state index contributed by atoms with van der Waals surface area (Å²) < 4.78 is 7.29. The number of aryl methyl sites for hydroxylation is 1. The molecule has 10 heteroatoms. The van der Waals surface area contributed by atoms with Gasteiger partial charge in [-0.2, -0.15) is 4.68 Å². The van der Waals surface area contributed by atoms with E-state index in [0.717, 1.165) is 22.4 Å². The number of ether oxygens (including phenoxy) is 1. The number of carbonyl (C=O) groups excluding carboxylic acids is 2. The first-order chi connectivity index (χ1) is 17.3. The lowest BCUT2D eigenvalue weighted by molar-refractivity contribution is -0.133. The van der Waals surface area contributed by atoms with Gasteiger partial charge in [0.1, 0.15) is 11.8 Å². The summed E-state index contributed by atoms with van der Waals surface area (Å²) in [6.07, 6.45) is 0. The first-order valence-electron chi connectivity index (χ1n) is 12.0.